The number of primary amides is 2. The number of allylic oxidation sites excluding steroid dienone is 2. The van der Waals surface area contributed by atoms with Crippen molar-refractivity contribution in [2.24, 2.45) is 28.3 Å². The number of rotatable bonds is 5. The molecule has 2 aliphatic rings. The zero-order valence-electron chi connectivity index (χ0n) is 15.8. The van der Waals surface area contributed by atoms with Gasteiger partial charge >= 0.3 is 0 Å². The summed E-state index contributed by atoms with van der Waals surface area (Å²) in [6, 6.07) is 6.82. The molecule has 146 valence electrons. The maximum Gasteiger partial charge on any atom is 0.269 e. The number of carbonyl (C=O) groups is 3. The van der Waals surface area contributed by atoms with Crippen LogP contribution in [0, 0.1) is 11.8 Å². The van der Waals surface area contributed by atoms with Gasteiger partial charge < -0.3 is 16.8 Å². The van der Waals surface area contributed by atoms with E-state index in [9.17, 15) is 14.4 Å². The van der Waals surface area contributed by atoms with Crippen LogP contribution in [0.5, 0.6) is 0 Å². The van der Waals surface area contributed by atoms with Crippen molar-refractivity contribution in [1.29, 1.82) is 0 Å². The Morgan fingerprint density at radius 2 is 1.96 bits per heavy atom. The minimum absolute atomic E-state index is 0.140. The summed E-state index contributed by atoms with van der Waals surface area (Å²) in [5, 5.41) is 2.83. The van der Waals surface area contributed by atoms with Crippen molar-refractivity contribution in [2.75, 3.05) is 0 Å². The Balaban J connectivity index is 1.66. The van der Waals surface area contributed by atoms with E-state index in [0.717, 1.165) is 11.3 Å². The average Bonchev–Trinajstić information content (AvgIpc) is 2.85. The van der Waals surface area contributed by atoms with Crippen LogP contribution in [-0.4, -0.2) is 23.4 Å². The van der Waals surface area contributed by atoms with Crippen LogP contribution < -0.4 is 16.8 Å². The maximum absolute atomic E-state index is 12.5. The van der Waals surface area contributed by atoms with Crippen LogP contribution in [0.2, 0.25) is 0 Å². The molecule has 0 fully saturated rings. The monoisotopic (exact) mass is 380 g/mol. The molecule has 2 unspecified atom stereocenters. The smallest absolute Gasteiger partial charge is 0.269 e. The topological polar surface area (TPSA) is 128 Å². The summed E-state index contributed by atoms with van der Waals surface area (Å²) in [5.74, 6) is -0.848. The second-order valence-electron chi connectivity index (χ2n) is 7.20. The predicted octanol–water partition coefficient (Wildman–Crippen LogP) is 1.59. The Labute approximate surface area is 163 Å². The Kier molecular flexibility index (Phi) is 5.73. The van der Waals surface area contributed by atoms with Crippen LogP contribution >= 0.6 is 0 Å². The van der Waals surface area contributed by atoms with Crippen molar-refractivity contribution in [3.05, 3.63) is 58.8 Å². The van der Waals surface area contributed by atoms with E-state index in [2.05, 4.69) is 10.3 Å². The molecule has 7 nitrogen and oxygen atoms in total. The van der Waals surface area contributed by atoms with E-state index in [4.69, 9.17) is 11.5 Å². The second-order valence-corrected chi connectivity index (χ2v) is 7.20. The number of benzene rings is 1. The van der Waals surface area contributed by atoms with E-state index >= 15 is 0 Å². The van der Waals surface area contributed by atoms with E-state index in [1.165, 1.54) is 0 Å². The molecule has 1 aromatic carbocycles. The molecule has 1 aliphatic heterocycles. The van der Waals surface area contributed by atoms with Crippen molar-refractivity contribution in [3.8, 4) is 0 Å². The number of nitrogens with zero attached hydrogens (tertiary/aromatic N) is 1. The lowest BCUT2D eigenvalue weighted by atomic mass is 9.84. The third-order valence-electron chi connectivity index (χ3n) is 5.22. The Hall–Kier alpha value is -3.22. The van der Waals surface area contributed by atoms with Crippen LogP contribution in [0.1, 0.15) is 42.1 Å². The van der Waals surface area contributed by atoms with Crippen molar-refractivity contribution in [2.45, 2.75) is 32.7 Å². The number of amides is 3. The molecule has 0 spiro atoms. The first-order chi connectivity index (χ1) is 13.3. The highest BCUT2D eigenvalue weighted by atomic mass is 16.2. The van der Waals surface area contributed by atoms with Gasteiger partial charge in [0.2, 0.25) is 11.8 Å². The van der Waals surface area contributed by atoms with E-state index in [0.29, 0.717) is 36.1 Å². The Morgan fingerprint density at radius 1 is 1.18 bits per heavy atom. The summed E-state index contributed by atoms with van der Waals surface area (Å²) in [4.78, 5) is 39.9. The van der Waals surface area contributed by atoms with Gasteiger partial charge in [-0.3, -0.25) is 19.4 Å². The molecule has 3 rings (SSSR count). The molecule has 0 bridgehead atoms. The SMILES string of the molecule is CC1C=C(C(N)=O)CCC2=NC(C(=O)NCc3cccc(C(N)=O)c3)=CCC21. The zero-order chi connectivity index (χ0) is 20.3. The fourth-order valence-electron chi connectivity index (χ4n) is 3.65. The van der Waals surface area contributed by atoms with Crippen molar-refractivity contribution >= 4 is 23.4 Å². The highest BCUT2D eigenvalue weighted by Crippen LogP contribution is 2.32. The van der Waals surface area contributed by atoms with Gasteiger partial charge in [0.15, 0.2) is 0 Å². The van der Waals surface area contributed by atoms with E-state index in [1.54, 1.807) is 18.2 Å². The first-order valence-corrected chi connectivity index (χ1v) is 9.30. The molecule has 7 heteroatoms. The average molecular weight is 380 g/mol. The minimum Gasteiger partial charge on any atom is -0.366 e. The van der Waals surface area contributed by atoms with Crippen LogP contribution in [0.15, 0.2) is 52.7 Å². The summed E-state index contributed by atoms with van der Waals surface area (Å²) in [7, 11) is 0. The van der Waals surface area contributed by atoms with Gasteiger partial charge in [-0.25, -0.2) is 0 Å². The summed E-state index contributed by atoms with van der Waals surface area (Å²) in [5.41, 5.74) is 13.8. The number of fused-ring (bicyclic) bond motifs is 1. The molecule has 1 heterocycles. The normalized spacial score (nSPS) is 21.4. The molecule has 28 heavy (non-hydrogen) atoms. The summed E-state index contributed by atoms with van der Waals surface area (Å²) in [6.07, 6.45) is 5.63. The highest BCUT2D eigenvalue weighted by Gasteiger charge is 2.29. The third-order valence-corrected chi connectivity index (χ3v) is 5.22. The largest absolute Gasteiger partial charge is 0.366 e. The van der Waals surface area contributed by atoms with E-state index in [1.807, 2.05) is 25.1 Å². The van der Waals surface area contributed by atoms with Crippen molar-refractivity contribution in [3.63, 3.8) is 0 Å². The molecule has 0 saturated heterocycles. The van der Waals surface area contributed by atoms with Gasteiger partial charge in [0.05, 0.1) is 0 Å². The van der Waals surface area contributed by atoms with Crippen LogP contribution in [0.3, 0.4) is 0 Å². The lowest BCUT2D eigenvalue weighted by molar-refractivity contribution is -0.117. The van der Waals surface area contributed by atoms with Crippen LogP contribution in [0.4, 0.5) is 0 Å². The number of aliphatic imine (C=N–C) groups is 1. The van der Waals surface area contributed by atoms with Crippen LogP contribution in [0.25, 0.3) is 0 Å². The van der Waals surface area contributed by atoms with Gasteiger partial charge in [-0.1, -0.05) is 31.2 Å². The minimum atomic E-state index is -0.507. The fraction of sp³-hybridized carbons (Fsp3) is 0.333. The third kappa shape index (κ3) is 4.36. The molecule has 1 aliphatic carbocycles. The van der Waals surface area contributed by atoms with E-state index in [-0.39, 0.29) is 24.3 Å². The Bertz CT molecular complexity index is 914. The molecular formula is C21H24N4O3. The molecule has 3 amide bonds. The van der Waals surface area contributed by atoms with Gasteiger partial charge in [0.1, 0.15) is 5.70 Å². The van der Waals surface area contributed by atoms with Gasteiger partial charge in [-0.15, -0.1) is 0 Å². The first kappa shape index (κ1) is 19.5. The number of carbonyl (C=O) groups excluding carboxylic acids is 3. The second kappa shape index (κ2) is 8.21. The lowest BCUT2D eigenvalue weighted by Crippen LogP contribution is -2.28. The predicted molar refractivity (Wildman–Crippen MR) is 106 cm³/mol. The van der Waals surface area contributed by atoms with Crippen molar-refractivity contribution in [1.82, 2.24) is 5.32 Å². The Morgan fingerprint density at radius 3 is 2.68 bits per heavy atom. The summed E-state index contributed by atoms with van der Waals surface area (Å²) >= 11 is 0. The standard InChI is InChI=1S/C21H24N4O3/c1-12-9-15(20(23)27)5-7-17-16(12)6-8-18(25-17)21(28)24-11-13-3-2-4-14(10-13)19(22)26/h2-4,8-10,12,16H,5-7,11H2,1H3,(H2,22,26)(H2,23,27)(H,24,28). The van der Waals surface area contributed by atoms with Crippen molar-refractivity contribution < 1.29 is 14.4 Å². The molecule has 0 saturated carbocycles. The van der Waals surface area contributed by atoms with Crippen LogP contribution in [-0.2, 0) is 16.1 Å². The quantitative estimate of drug-likeness (QED) is 0.717. The molecule has 1 aromatic rings. The molecule has 0 radical (unpaired) electrons. The fourth-order valence-corrected chi connectivity index (χ4v) is 3.65. The van der Waals surface area contributed by atoms with Gasteiger partial charge in [-0.2, -0.15) is 0 Å². The lowest BCUT2D eigenvalue weighted by Gasteiger charge is -2.24. The molecule has 0 aromatic heterocycles. The summed E-state index contributed by atoms with van der Waals surface area (Å²) < 4.78 is 0. The maximum atomic E-state index is 12.5. The molecule has 2 atom stereocenters. The summed E-state index contributed by atoms with van der Waals surface area (Å²) in [6.45, 7) is 2.31. The first-order valence-electron chi connectivity index (χ1n) is 9.30. The number of nitrogens with two attached hydrogens (primary N) is 2. The number of hydrogen-bond acceptors (Lipinski definition) is 4. The molecular weight excluding hydrogens is 356 g/mol. The van der Waals surface area contributed by atoms with E-state index < -0.39 is 11.8 Å². The number of hydrogen-bond donors (Lipinski definition) is 3. The molecule has 5 N–H and O–H groups in total. The highest BCUT2D eigenvalue weighted by molar-refractivity contribution is 6.01. The van der Waals surface area contributed by atoms with Gasteiger partial charge in [0, 0.05) is 29.3 Å². The van der Waals surface area contributed by atoms with Gasteiger partial charge in [0.25, 0.3) is 5.91 Å². The zero-order valence-corrected chi connectivity index (χ0v) is 15.8. The van der Waals surface area contributed by atoms with Gasteiger partial charge in [-0.05, 0) is 42.9 Å². The number of nitrogens with one attached hydrogen (secondary N) is 1.